The topological polar surface area (TPSA) is 20.2 Å². The quantitative estimate of drug-likeness (QED) is 0.679. The zero-order chi connectivity index (χ0) is 8.55. The minimum atomic E-state index is -0.608. The lowest BCUT2D eigenvalue weighted by Crippen LogP contribution is -2.22. The largest absolute Gasteiger partial charge is 0.508 e. The molecule has 1 aliphatic carbocycles. The lowest BCUT2D eigenvalue weighted by Gasteiger charge is -2.29. The monoisotopic (exact) mass is 166 g/mol. The van der Waals surface area contributed by atoms with Gasteiger partial charge in [0, 0.05) is 0 Å². The normalized spacial score (nSPS) is 28.1. The fourth-order valence-corrected chi connectivity index (χ4v) is 1.57. The number of aromatic hydroxyl groups is 1. The molecule has 1 saturated carbocycles. The lowest BCUT2D eigenvalue weighted by molar-refractivity contribution is 0.179. The maximum atomic E-state index is 12.5. The summed E-state index contributed by atoms with van der Waals surface area (Å²) in [6, 6.07) is 7.04. The van der Waals surface area contributed by atoms with Crippen LogP contribution in [0, 0.1) is 0 Å². The smallest absolute Gasteiger partial charge is 0.115 e. The predicted octanol–water partition coefficient (Wildman–Crippen LogP) is 2.61. The minimum absolute atomic E-state index is 0.273. The van der Waals surface area contributed by atoms with E-state index in [0.29, 0.717) is 18.8 Å². The second kappa shape index (κ2) is 2.77. The maximum absolute atomic E-state index is 12.5. The molecular formula is C10H11FO. The minimum Gasteiger partial charge on any atom is -0.508 e. The summed E-state index contributed by atoms with van der Waals surface area (Å²) in [6.45, 7) is 0. The number of alkyl halides is 1. The van der Waals surface area contributed by atoms with Gasteiger partial charge in [0.1, 0.15) is 11.9 Å². The molecule has 0 saturated heterocycles. The Balaban J connectivity index is 2.09. The maximum Gasteiger partial charge on any atom is 0.115 e. The highest BCUT2D eigenvalue weighted by molar-refractivity contribution is 5.29. The van der Waals surface area contributed by atoms with Gasteiger partial charge in [-0.1, -0.05) is 12.1 Å². The van der Waals surface area contributed by atoms with Crippen LogP contribution in [-0.4, -0.2) is 11.3 Å². The van der Waals surface area contributed by atoms with E-state index in [1.807, 2.05) is 12.1 Å². The van der Waals surface area contributed by atoms with E-state index in [2.05, 4.69) is 0 Å². The Labute approximate surface area is 70.8 Å². The van der Waals surface area contributed by atoms with Crippen molar-refractivity contribution in [3.8, 4) is 5.75 Å². The average molecular weight is 166 g/mol. The molecule has 0 aromatic heterocycles. The Morgan fingerprint density at radius 3 is 2.25 bits per heavy atom. The Hall–Kier alpha value is -1.05. The van der Waals surface area contributed by atoms with Crippen LogP contribution in [0.4, 0.5) is 4.39 Å². The van der Waals surface area contributed by atoms with Crippen LogP contribution in [0.1, 0.15) is 24.3 Å². The third-order valence-electron chi connectivity index (χ3n) is 2.45. The Morgan fingerprint density at radius 2 is 1.75 bits per heavy atom. The van der Waals surface area contributed by atoms with E-state index in [9.17, 15) is 4.39 Å². The molecule has 0 heterocycles. The summed E-state index contributed by atoms with van der Waals surface area (Å²) in [5.41, 5.74) is 1.14. The third-order valence-corrected chi connectivity index (χ3v) is 2.45. The standard InChI is InChI=1S/C10H11FO/c11-9-5-8(6-9)7-1-3-10(12)4-2-7/h1-4,8-9,12H,5-6H2. The van der Waals surface area contributed by atoms with Crippen molar-refractivity contribution in [2.75, 3.05) is 0 Å². The summed E-state index contributed by atoms with van der Waals surface area (Å²) in [4.78, 5) is 0. The van der Waals surface area contributed by atoms with Crippen molar-refractivity contribution in [1.82, 2.24) is 0 Å². The molecule has 64 valence electrons. The third kappa shape index (κ3) is 1.29. The van der Waals surface area contributed by atoms with Gasteiger partial charge in [-0.15, -0.1) is 0 Å². The highest BCUT2D eigenvalue weighted by atomic mass is 19.1. The van der Waals surface area contributed by atoms with Crippen LogP contribution >= 0.6 is 0 Å². The zero-order valence-electron chi connectivity index (χ0n) is 6.70. The summed E-state index contributed by atoms with van der Waals surface area (Å²) in [6.07, 6.45) is 0.680. The van der Waals surface area contributed by atoms with Gasteiger partial charge in [0.15, 0.2) is 0 Å². The van der Waals surface area contributed by atoms with E-state index in [-0.39, 0.29) is 5.75 Å². The van der Waals surface area contributed by atoms with Crippen molar-refractivity contribution in [3.63, 3.8) is 0 Å². The summed E-state index contributed by atoms with van der Waals surface area (Å²) in [5.74, 6) is 0.649. The average Bonchev–Trinajstić information content (AvgIpc) is 2.01. The van der Waals surface area contributed by atoms with E-state index >= 15 is 0 Å². The molecule has 1 aromatic rings. The van der Waals surface area contributed by atoms with Gasteiger partial charge in [-0.25, -0.2) is 4.39 Å². The van der Waals surface area contributed by atoms with E-state index in [0.717, 1.165) is 5.56 Å². The fraction of sp³-hybridized carbons (Fsp3) is 0.400. The molecule has 2 heteroatoms. The van der Waals surface area contributed by atoms with Crippen molar-refractivity contribution in [2.45, 2.75) is 24.9 Å². The summed E-state index contributed by atoms with van der Waals surface area (Å²) in [5, 5.41) is 9.01. The molecule has 1 fully saturated rings. The molecule has 1 aliphatic rings. The molecule has 0 atom stereocenters. The van der Waals surface area contributed by atoms with Gasteiger partial charge < -0.3 is 5.11 Å². The first-order valence-corrected chi connectivity index (χ1v) is 4.18. The molecule has 0 bridgehead atoms. The Kier molecular flexibility index (Phi) is 1.75. The SMILES string of the molecule is Oc1ccc(C2CC(F)C2)cc1. The van der Waals surface area contributed by atoms with Crippen LogP contribution in [0.2, 0.25) is 0 Å². The number of phenolic OH excluding ortho intramolecular Hbond substituents is 1. The van der Waals surface area contributed by atoms with Gasteiger partial charge in [-0.05, 0) is 36.5 Å². The Bertz CT molecular complexity index is 262. The van der Waals surface area contributed by atoms with Crippen molar-refractivity contribution >= 4 is 0 Å². The van der Waals surface area contributed by atoms with Gasteiger partial charge in [0.05, 0.1) is 0 Å². The summed E-state index contributed by atoms with van der Waals surface area (Å²) in [7, 11) is 0. The van der Waals surface area contributed by atoms with Gasteiger partial charge in [-0.2, -0.15) is 0 Å². The number of phenols is 1. The molecule has 12 heavy (non-hydrogen) atoms. The molecule has 0 amide bonds. The highest BCUT2D eigenvalue weighted by Gasteiger charge is 2.29. The molecule has 0 aliphatic heterocycles. The van der Waals surface area contributed by atoms with Gasteiger partial charge >= 0.3 is 0 Å². The fourth-order valence-electron chi connectivity index (χ4n) is 1.57. The first-order chi connectivity index (χ1) is 5.75. The highest BCUT2D eigenvalue weighted by Crippen LogP contribution is 2.38. The molecular weight excluding hydrogens is 155 g/mol. The van der Waals surface area contributed by atoms with Crippen molar-refractivity contribution in [1.29, 1.82) is 0 Å². The van der Waals surface area contributed by atoms with Crippen LogP contribution in [0.25, 0.3) is 0 Å². The van der Waals surface area contributed by atoms with Crippen molar-refractivity contribution in [3.05, 3.63) is 29.8 Å². The number of hydrogen-bond acceptors (Lipinski definition) is 1. The van der Waals surface area contributed by atoms with Crippen LogP contribution in [0.3, 0.4) is 0 Å². The molecule has 1 N–H and O–H groups in total. The first-order valence-electron chi connectivity index (χ1n) is 4.18. The van der Waals surface area contributed by atoms with Crippen molar-refractivity contribution in [2.24, 2.45) is 0 Å². The molecule has 2 rings (SSSR count). The summed E-state index contributed by atoms with van der Waals surface area (Å²) >= 11 is 0. The molecule has 1 aromatic carbocycles. The molecule has 1 nitrogen and oxygen atoms in total. The summed E-state index contributed by atoms with van der Waals surface area (Å²) < 4.78 is 12.5. The number of benzene rings is 1. The van der Waals surface area contributed by atoms with Crippen LogP contribution in [0.5, 0.6) is 5.75 Å². The van der Waals surface area contributed by atoms with Gasteiger partial charge in [0.25, 0.3) is 0 Å². The van der Waals surface area contributed by atoms with E-state index < -0.39 is 6.17 Å². The molecule has 0 radical (unpaired) electrons. The second-order valence-corrected chi connectivity index (χ2v) is 3.36. The Morgan fingerprint density at radius 1 is 1.17 bits per heavy atom. The second-order valence-electron chi connectivity index (χ2n) is 3.36. The zero-order valence-corrected chi connectivity index (χ0v) is 6.70. The number of rotatable bonds is 1. The lowest BCUT2D eigenvalue weighted by atomic mass is 9.78. The van der Waals surface area contributed by atoms with E-state index in [1.165, 1.54) is 0 Å². The van der Waals surface area contributed by atoms with Crippen molar-refractivity contribution < 1.29 is 9.50 Å². The first kappa shape index (κ1) is 7.59. The van der Waals surface area contributed by atoms with Crippen LogP contribution in [-0.2, 0) is 0 Å². The predicted molar refractivity (Wildman–Crippen MR) is 45.0 cm³/mol. The van der Waals surface area contributed by atoms with Gasteiger partial charge in [-0.3, -0.25) is 0 Å². The molecule has 0 unspecified atom stereocenters. The van der Waals surface area contributed by atoms with E-state index in [4.69, 9.17) is 5.11 Å². The van der Waals surface area contributed by atoms with E-state index in [1.54, 1.807) is 12.1 Å². The number of hydrogen-bond donors (Lipinski definition) is 1. The van der Waals surface area contributed by atoms with Crippen LogP contribution < -0.4 is 0 Å². The number of halogens is 1. The molecule has 0 spiro atoms. The van der Waals surface area contributed by atoms with Crippen LogP contribution in [0.15, 0.2) is 24.3 Å². The van der Waals surface area contributed by atoms with Gasteiger partial charge in [0.2, 0.25) is 0 Å².